The quantitative estimate of drug-likeness (QED) is 0.653. The van der Waals surface area contributed by atoms with Crippen LogP contribution in [-0.4, -0.2) is 33.4 Å². The van der Waals surface area contributed by atoms with Gasteiger partial charge in [0.15, 0.2) is 0 Å². The molecule has 0 spiro atoms. The van der Waals surface area contributed by atoms with E-state index in [2.05, 4.69) is 5.32 Å². The number of hydrogen-bond acceptors (Lipinski definition) is 4. The predicted molar refractivity (Wildman–Crippen MR) is 119 cm³/mol. The molecule has 2 aromatic carbocycles. The third-order valence-corrected chi connectivity index (χ3v) is 4.83. The lowest BCUT2D eigenvalue weighted by atomic mass is 10.0. The smallest absolute Gasteiger partial charge is 0.408 e. The molecule has 2 N–H and O–H groups in total. The molecular weight excluding hydrogens is 396 g/mol. The van der Waals surface area contributed by atoms with Crippen molar-refractivity contribution in [1.29, 1.82) is 0 Å². The van der Waals surface area contributed by atoms with E-state index in [9.17, 15) is 19.5 Å². The Morgan fingerprint density at radius 2 is 1.74 bits per heavy atom. The number of aryl methyl sites for hydroxylation is 1. The van der Waals surface area contributed by atoms with Crippen LogP contribution in [0.1, 0.15) is 26.3 Å². The minimum atomic E-state index is -1.15. The van der Waals surface area contributed by atoms with Crippen molar-refractivity contribution in [3.63, 3.8) is 0 Å². The summed E-state index contributed by atoms with van der Waals surface area (Å²) in [6.45, 7) is 5.12. The molecule has 3 rings (SSSR count). The number of carbonyl (C=O) groups is 2. The third-order valence-electron chi connectivity index (χ3n) is 4.83. The van der Waals surface area contributed by atoms with Crippen LogP contribution in [0.3, 0.4) is 0 Å². The first-order chi connectivity index (χ1) is 14.5. The fourth-order valence-corrected chi connectivity index (χ4v) is 3.34. The molecular formula is C24H26N2O5. The molecule has 162 valence electrons. The van der Waals surface area contributed by atoms with Crippen LogP contribution in [-0.2, 0) is 23.0 Å². The van der Waals surface area contributed by atoms with Crippen LogP contribution in [0.5, 0.6) is 0 Å². The van der Waals surface area contributed by atoms with Crippen LogP contribution < -0.4 is 10.9 Å². The summed E-state index contributed by atoms with van der Waals surface area (Å²) in [7, 11) is 1.74. The molecule has 1 amide bonds. The molecule has 31 heavy (non-hydrogen) atoms. The van der Waals surface area contributed by atoms with Crippen LogP contribution in [0.2, 0.25) is 0 Å². The number of fused-ring (bicyclic) bond motifs is 1. The lowest BCUT2D eigenvalue weighted by Gasteiger charge is -2.22. The number of carbonyl (C=O) groups excluding carboxylic acids is 1. The Morgan fingerprint density at radius 3 is 2.35 bits per heavy atom. The summed E-state index contributed by atoms with van der Waals surface area (Å²) in [6.07, 6.45) is -0.693. The molecule has 1 unspecified atom stereocenters. The van der Waals surface area contributed by atoms with Crippen LogP contribution in [0.25, 0.3) is 22.0 Å². The van der Waals surface area contributed by atoms with Gasteiger partial charge in [0, 0.05) is 19.0 Å². The van der Waals surface area contributed by atoms with Gasteiger partial charge in [0.2, 0.25) is 0 Å². The topological polar surface area (TPSA) is 97.6 Å². The summed E-state index contributed by atoms with van der Waals surface area (Å²) in [5.41, 5.74) is 2.04. The Bertz CT molecular complexity index is 1170. The normalized spacial score (nSPS) is 12.4. The molecule has 0 radical (unpaired) electrons. The van der Waals surface area contributed by atoms with Gasteiger partial charge in [0.1, 0.15) is 11.6 Å². The number of aromatic nitrogens is 1. The van der Waals surface area contributed by atoms with Crippen LogP contribution >= 0.6 is 0 Å². The lowest BCUT2D eigenvalue weighted by Crippen LogP contribution is -2.44. The van der Waals surface area contributed by atoms with Crippen molar-refractivity contribution in [2.24, 2.45) is 7.05 Å². The molecule has 7 nitrogen and oxygen atoms in total. The van der Waals surface area contributed by atoms with Crippen LogP contribution in [0.15, 0.2) is 59.4 Å². The number of nitrogens with one attached hydrogen (secondary N) is 1. The molecule has 1 atom stereocenters. The molecule has 0 fully saturated rings. The van der Waals surface area contributed by atoms with E-state index in [4.69, 9.17) is 4.74 Å². The van der Waals surface area contributed by atoms with E-state index < -0.39 is 23.7 Å². The van der Waals surface area contributed by atoms with Gasteiger partial charge in [-0.15, -0.1) is 0 Å². The van der Waals surface area contributed by atoms with Crippen molar-refractivity contribution in [2.75, 3.05) is 0 Å². The average molecular weight is 422 g/mol. The fourth-order valence-electron chi connectivity index (χ4n) is 3.34. The second-order valence-electron chi connectivity index (χ2n) is 8.42. The van der Waals surface area contributed by atoms with Gasteiger partial charge >= 0.3 is 12.1 Å². The van der Waals surface area contributed by atoms with Crippen molar-refractivity contribution in [2.45, 2.75) is 38.8 Å². The van der Waals surface area contributed by atoms with Gasteiger partial charge in [-0.1, -0.05) is 42.5 Å². The first-order valence-electron chi connectivity index (χ1n) is 9.95. The predicted octanol–water partition coefficient (Wildman–Crippen LogP) is 3.73. The van der Waals surface area contributed by atoms with Crippen molar-refractivity contribution in [1.82, 2.24) is 9.88 Å². The number of alkyl carbamates (subject to hydrolysis) is 1. The third kappa shape index (κ3) is 5.31. The molecule has 0 saturated heterocycles. The number of pyridine rings is 1. The molecule has 3 aromatic rings. The molecule has 0 aliphatic heterocycles. The number of ether oxygens (including phenoxy) is 1. The number of amides is 1. The second-order valence-corrected chi connectivity index (χ2v) is 8.42. The zero-order valence-corrected chi connectivity index (χ0v) is 18.0. The summed E-state index contributed by atoms with van der Waals surface area (Å²) >= 11 is 0. The largest absolute Gasteiger partial charge is 0.480 e. The summed E-state index contributed by atoms with van der Waals surface area (Å²) in [5.74, 6) is -1.15. The SMILES string of the molecule is Cn1c(=O)c(-c2ccc(CC(NC(=O)OC(C)(C)C)C(=O)O)cc2)cc2ccccc21. The number of nitrogens with zero attached hydrogens (tertiary/aromatic N) is 1. The molecule has 7 heteroatoms. The summed E-state index contributed by atoms with van der Waals surface area (Å²) in [5, 5.41) is 12.8. The number of benzene rings is 2. The number of hydrogen-bond donors (Lipinski definition) is 2. The Hall–Kier alpha value is -3.61. The number of aliphatic carboxylic acids is 1. The van der Waals surface area contributed by atoms with E-state index in [0.717, 1.165) is 16.5 Å². The van der Waals surface area contributed by atoms with Crippen LogP contribution in [0.4, 0.5) is 4.79 Å². The molecule has 1 aromatic heterocycles. The van der Waals surface area contributed by atoms with Crippen LogP contribution in [0, 0.1) is 0 Å². The van der Waals surface area contributed by atoms with Crippen molar-refractivity contribution < 1.29 is 19.4 Å². The number of carboxylic acids is 1. The molecule has 0 bridgehead atoms. The van der Waals surface area contributed by atoms with Gasteiger partial charge in [-0.2, -0.15) is 0 Å². The summed E-state index contributed by atoms with van der Waals surface area (Å²) in [6, 6.07) is 15.5. The van der Waals surface area contributed by atoms with Gasteiger partial charge in [-0.25, -0.2) is 9.59 Å². The van der Waals surface area contributed by atoms with E-state index in [1.807, 2.05) is 30.3 Å². The number of para-hydroxylation sites is 1. The number of rotatable bonds is 5. The monoisotopic (exact) mass is 422 g/mol. The maximum Gasteiger partial charge on any atom is 0.408 e. The van der Waals surface area contributed by atoms with E-state index in [-0.39, 0.29) is 12.0 Å². The van der Waals surface area contributed by atoms with Crippen molar-refractivity contribution in [3.05, 3.63) is 70.5 Å². The first kappa shape index (κ1) is 22.1. The minimum Gasteiger partial charge on any atom is -0.480 e. The first-order valence-corrected chi connectivity index (χ1v) is 9.95. The van der Waals surface area contributed by atoms with E-state index >= 15 is 0 Å². The number of carboxylic acid groups (broad SMARTS) is 1. The Labute approximate surface area is 180 Å². The lowest BCUT2D eigenvalue weighted by molar-refractivity contribution is -0.139. The summed E-state index contributed by atoms with van der Waals surface area (Å²) < 4.78 is 6.76. The zero-order valence-electron chi connectivity index (χ0n) is 18.0. The Kier molecular flexibility index (Phi) is 6.15. The molecule has 1 heterocycles. The molecule has 0 aliphatic rings. The highest BCUT2D eigenvalue weighted by molar-refractivity contribution is 5.84. The maximum atomic E-state index is 12.8. The van der Waals surface area contributed by atoms with Crippen molar-refractivity contribution >= 4 is 23.0 Å². The fraction of sp³-hybridized carbons (Fsp3) is 0.292. The van der Waals surface area contributed by atoms with Gasteiger partial charge in [0.05, 0.1) is 5.52 Å². The van der Waals surface area contributed by atoms with Gasteiger partial charge < -0.3 is 19.7 Å². The second kappa shape index (κ2) is 8.63. The van der Waals surface area contributed by atoms with Gasteiger partial charge in [-0.05, 0) is 49.4 Å². The summed E-state index contributed by atoms with van der Waals surface area (Å²) in [4.78, 5) is 36.3. The molecule has 0 aliphatic carbocycles. The minimum absolute atomic E-state index is 0.0879. The van der Waals surface area contributed by atoms with Crippen molar-refractivity contribution in [3.8, 4) is 11.1 Å². The average Bonchev–Trinajstić information content (AvgIpc) is 2.69. The highest BCUT2D eigenvalue weighted by atomic mass is 16.6. The van der Waals surface area contributed by atoms with E-state index in [0.29, 0.717) is 11.1 Å². The highest BCUT2D eigenvalue weighted by Crippen LogP contribution is 2.21. The standard InChI is InChI=1S/C24H26N2O5/c1-24(2,3)31-23(30)25-19(22(28)29)13-15-9-11-16(12-10-15)18-14-17-7-5-6-8-20(17)26(4)21(18)27/h5-12,14,19H,13H2,1-4H3,(H,25,30)(H,28,29). The zero-order chi connectivity index (χ0) is 22.8. The Balaban J connectivity index is 1.82. The Morgan fingerprint density at radius 1 is 1.10 bits per heavy atom. The maximum absolute atomic E-state index is 12.8. The van der Waals surface area contributed by atoms with E-state index in [1.165, 1.54) is 0 Å². The highest BCUT2D eigenvalue weighted by Gasteiger charge is 2.24. The van der Waals surface area contributed by atoms with E-state index in [1.54, 1.807) is 56.7 Å². The molecule has 0 saturated carbocycles. The van der Waals surface area contributed by atoms with Gasteiger partial charge in [-0.3, -0.25) is 4.79 Å². The van der Waals surface area contributed by atoms with Gasteiger partial charge in [0.25, 0.3) is 5.56 Å².